The van der Waals surface area contributed by atoms with E-state index in [0.29, 0.717) is 6.04 Å². The van der Waals surface area contributed by atoms with Crippen molar-refractivity contribution in [3.05, 3.63) is 75.6 Å². The highest BCUT2D eigenvalue weighted by Crippen LogP contribution is 2.41. The fourth-order valence-electron chi connectivity index (χ4n) is 5.15. The van der Waals surface area contributed by atoms with E-state index >= 15 is 0 Å². The van der Waals surface area contributed by atoms with Gasteiger partial charge in [0.15, 0.2) is 0 Å². The Morgan fingerprint density at radius 3 is 2.76 bits per heavy atom. The predicted octanol–water partition coefficient (Wildman–Crippen LogP) is 5.52. The molecule has 3 aliphatic rings. The van der Waals surface area contributed by atoms with Gasteiger partial charge in [0.25, 0.3) is 0 Å². The number of nitrogens with one attached hydrogen (secondary N) is 1. The molecule has 1 aromatic heterocycles. The van der Waals surface area contributed by atoms with E-state index in [-0.39, 0.29) is 0 Å². The van der Waals surface area contributed by atoms with Crippen molar-refractivity contribution in [1.82, 2.24) is 14.9 Å². The molecule has 0 saturated heterocycles. The standard InChI is InChI=1S/C25H26ClN3/c26-22-4-2-1-3-21(22)25-27-23-11-12-29(15-24(23)28-25)20-10-9-18-13-17(16-5-6-16)7-8-19(18)14-20/h1-4,7-8,13,16,20H,5-6,9-12,14-15H2,(H,27,28). The summed E-state index contributed by atoms with van der Waals surface area (Å²) < 4.78 is 0. The summed E-state index contributed by atoms with van der Waals surface area (Å²) in [5.74, 6) is 1.76. The number of H-pyrrole nitrogens is 1. The van der Waals surface area contributed by atoms with E-state index in [9.17, 15) is 0 Å². The number of aromatic amines is 1. The summed E-state index contributed by atoms with van der Waals surface area (Å²) in [6.07, 6.45) is 7.46. The van der Waals surface area contributed by atoms with E-state index < -0.39 is 0 Å². The SMILES string of the molecule is Clc1ccccc1-c1nc2c([nH]1)CN(C1CCc3cc(C4CC4)ccc3C1)CC2. The van der Waals surface area contributed by atoms with Gasteiger partial charge in [-0.2, -0.15) is 0 Å². The van der Waals surface area contributed by atoms with E-state index in [1.807, 2.05) is 24.3 Å². The second-order valence-corrected chi connectivity index (χ2v) is 9.32. The molecule has 29 heavy (non-hydrogen) atoms. The molecule has 1 unspecified atom stereocenters. The van der Waals surface area contributed by atoms with Crippen molar-refractivity contribution in [2.75, 3.05) is 6.54 Å². The first kappa shape index (κ1) is 17.7. The van der Waals surface area contributed by atoms with Crippen LogP contribution in [0.15, 0.2) is 42.5 Å². The highest BCUT2D eigenvalue weighted by atomic mass is 35.5. The van der Waals surface area contributed by atoms with Gasteiger partial charge in [0.05, 0.1) is 16.4 Å². The zero-order valence-electron chi connectivity index (χ0n) is 16.6. The van der Waals surface area contributed by atoms with Gasteiger partial charge in [-0.1, -0.05) is 41.9 Å². The Morgan fingerprint density at radius 2 is 1.90 bits per heavy atom. The molecule has 1 atom stereocenters. The van der Waals surface area contributed by atoms with E-state index in [0.717, 1.165) is 41.8 Å². The van der Waals surface area contributed by atoms with E-state index in [2.05, 4.69) is 28.1 Å². The summed E-state index contributed by atoms with van der Waals surface area (Å²) in [6.45, 7) is 2.06. The van der Waals surface area contributed by atoms with Crippen molar-refractivity contribution in [3.63, 3.8) is 0 Å². The van der Waals surface area contributed by atoms with Crippen LogP contribution in [0.1, 0.15) is 53.3 Å². The fraction of sp³-hybridized carbons (Fsp3) is 0.400. The number of aromatic nitrogens is 2. The second-order valence-electron chi connectivity index (χ2n) is 8.91. The molecule has 0 spiro atoms. The average molecular weight is 404 g/mol. The molecule has 0 amide bonds. The Labute approximate surface area is 177 Å². The summed E-state index contributed by atoms with van der Waals surface area (Å²) in [5, 5.41) is 0.755. The lowest BCUT2D eigenvalue weighted by Crippen LogP contribution is -2.42. The molecule has 2 heterocycles. The highest BCUT2D eigenvalue weighted by molar-refractivity contribution is 6.33. The molecule has 1 fully saturated rings. The first-order valence-corrected chi connectivity index (χ1v) is 11.3. The zero-order valence-corrected chi connectivity index (χ0v) is 17.4. The van der Waals surface area contributed by atoms with Crippen molar-refractivity contribution in [2.45, 2.75) is 57.0 Å². The number of halogens is 1. The van der Waals surface area contributed by atoms with Gasteiger partial charge in [0, 0.05) is 31.1 Å². The van der Waals surface area contributed by atoms with E-state index in [4.69, 9.17) is 16.6 Å². The molecular formula is C25H26ClN3. The van der Waals surface area contributed by atoms with Gasteiger partial charge >= 0.3 is 0 Å². The average Bonchev–Trinajstić information content (AvgIpc) is 3.52. The highest BCUT2D eigenvalue weighted by Gasteiger charge is 2.30. The minimum atomic E-state index is 0.634. The van der Waals surface area contributed by atoms with Crippen molar-refractivity contribution < 1.29 is 0 Å². The maximum absolute atomic E-state index is 6.38. The van der Waals surface area contributed by atoms with Crippen LogP contribution in [-0.4, -0.2) is 27.5 Å². The fourth-order valence-corrected chi connectivity index (χ4v) is 5.37. The second kappa shape index (κ2) is 7.00. The molecule has 1 saturated carbocycles. The van der Waals surface area contributed by atoms with Gasteiger partial charge in [-0.15, -0.1) is 0 Å². The lowest BCUT2D eigenvalue weighted by atomic mass is 9.85. The van der Waals surface area contributed by atoms with Gasteiger partial charge in [-0.25, -0.2) is 4.98 Å². The largest absolute Gasteiger partial charge is 0.340 e. The van der Waals surface area contributed by atoms with Crippen LogP contribution >= 0.6 is 11.6 Å². The molecule has 0 radical (unpaired) electrons. The molecule has 3 aromatic rings. The number of hydrogen-bond acceptors (Lipinski definition) is 2. The Hall–Kier alpha value is -2.10. The number of nitrogens with zero attached hydrogens (tertiary/aromatic N) is 2. The monoisotopic (exact) mass is 403 g/mol. The maximum Gasteiger partial charge on any atom is 0.139 e. The van der Waals surface area contributed by atoms with Crippen molar-refractivity contribution in [2.24, 2.45) is 0 Å². The molecule has 3 nitrogen and oxygen atoms in total. The summed E-state index contributed by atoms with van der Waals surface area (Å²) in [4.78, 5) is 11.1. The Bertz CT molecular complexity index is 1070. The third-order valence-electron chi connectivity index (χ3n) is 6.99. The van der Waals surface area contributed by atoms with Gasteiger partial charge in [-0.05, 0) is 66.8 Å². The summed E-state index contributed by atoms with van der Waals surface area (Å²) in [5.41, 5.74) is 8.22. The van der Waals surface area contributed by atoms with Crippen LogP contribution < -0.4 is 0 Å². The van der Waals surface area contributed by atoms with Crippen LogP contribution in [0.5, 0.6) is 0 Å². The number of fused-ring (bicyclic) bond motifs is 2. The molecule has 148 valence electrons. The van der Waals surface area contributed by atoms with Gasteiger partial charge < -0.3 is 4.98 Å². The summed E-state index contributed by atoms with van der Waals surface area (Å²) in [6, 6.07) is 15.9. The van der Waals surface area contributed by atoms with Gasteiger partial charge in [0.2, 0.25) is 0 Å². The van der Waals surface area contributed by atoms with Crippen molar-refractivity contribution in [3.8, 4) is 11.4 Å². The van der Waals surface area contributed by atoms with Crippen LogP contribution in [0.25, 0.3) is 11.4 Å². The van der Waals surface area contributed by atoms with E-state index in [1.165, 1.54) is 43.5 Å². The first-order chi connectivity index (χ1) is 14.2. The smallest absolute Gasteiger partial charge is 0.139 e. The summed E-state index contributed by atoms with van der Waals surface area (Å²) >= 11 is 6.38. The number of rotatable bonds is 3. The van der Waals surface area contributed by atoms with Crippen LogP contribution in [0.3, 0.4) is 0 Å². The molecular weight excluding hydrogens is 378 g/mol. The van der Waals surface area contributed by atoms with Crippen molar-refractivity contribution in [1.29, 1.82) is 0 Å². The predicted molar refractivity (Wildman–Crippen MR) is 117 cm³/mol. The van der Waals surface area contributed by atoms with Crippen LogP contribution in [0.4, 0.5) is 0 Å². The summed E-state index contributed by atoms with van der Waals surface area (Å²) in [7, 11) is 0. The van der Waals surface area contributed by atoms with Gasteiger partial charge in [0.1, 0.15) is 5.82 Å². The molecule has 2 aromatic carbocycles. The Balaban J connectivity index is 1.20. The number of aryl methyl sites for hydroxylation is 1. The molecule has 1 N–H and O–H groups in total. The van der Waals surface area contributed by atoms with Gasteiger partial charge in [-0.3, -0.25) is 4.90 Å². The minimum Gasteiger partial charge on any atom is -0.340 e. The normalized spacial score (nSPS) is 21.6. The first-order valence-electron chi connectivity index (χ1n) is 10.9. The number of benzene rings is 2. The lowest BCUT2D eigenvalue weighted by molar-refractivity contribution is 0.160. The third kappa shape index (κ3) is 3.31. The molecule has 2 aliphatic carbocycles. The topological polar surface area (TPSA) is 31.9 Å². The Kier molecular flexibility index (Phi) is 4.28. The molecule has 4 heteroatoms. The molecule has 1 aliphatic heterocycles. The number of imidazole rings is 1. The minimum absolute atomic E-state index is 0.634. The number of hydrogen-bond donors (Lipinski definition) is 1. The molecule has 0 bridgehead atoms. The quantitative estimate of drug-likeness (QED) is 0.624. The zero-order chi connectivity index (χ0) is 19.4. The van der Waals surface area contributed by atoms with Crippen LogP contribution in [0.2, 0.25) is 5.02 Å². The van der Waals surface area contributed by atoms with Crippen LogP contribution in [0, 0.1) is 0 Å². The van der Waals surface area contributed by atoms with E-state index in [1.54, 1.807) is 16.7 Å². The maximum atomic E-state index is 6.38. The Morgan fingerprint density at radius 1 is 1.00 bits per heavy atom. The lowest BCUT2D eigenvalue weighted by Gasteiger charge is -2.37. The van der Waals surface area contributed by atoms with Crippen molar-refractivity contribution >= 4 is 11.6 Å². The third-order valence-corrected chi connectivity index (χ3v) is 7.32. The molecule has 6 rings (SSSR count). The van der Waals surface area contributed by atoms with Crippen LogP contribution in [-0.2, 0) is 25.8 Å².